The van der Waals surface area contributed by atoms with Crippen molar-refractivity contribution in [2.75, 3.05) is 6.29 Å². The van der Waals surface area contributed by atoms with Gasteiger partial charge in [-0.2, -0.15) is 0 Å². The molecule has 1 heterocycles. The lowest BCUT2D eigenvalue weighted by atomic mass is 9.80. The van der Waals surface area contributed by atoms with Gasteiger partial charge in [-0.1, -0.05) is 75.4 Å². The van der Waals surface area contributed by atoms with E-state index in [0.29, 0.717) is 12.7 Å². The summed E-state index contributed by atoms with van der Waals surface area (Å²) in [5, 5.41) is 3.52. The summed E-state index contributed by atoms with van der Waals surface area (Å²) >= 11 is 0. The van der Waals surface area contributed by atoms with Gasteiger partial charge < -0.3 is 0 Å². The number of imide groups is 1. The van der Waals surface area contributed by atoms with E-state index in [-0.39, 0.29) is 23.1 Å². The Hall–Kier alpha value is -2.77. The lowest BCUT2D eigenvalue weighted by Gasteiger charge is -2.31. The molecule has 0 aromatic heterocycles. The molecule has 3 aromatic carbocycles. The highest BCUT2D eigenvalue weighted by molar-refractivity contribution is 7.95. The van der Waals surface area contributed by atoms with E-state index in [9.17, 15) is 9.59 Å². The van der Waals surface area contributed by atoms with E-state index >= 15 is 0 Å². The van der Waals surface area contributed by atoms with Crippen LogP contribution in [-0.4, -0.2) is 23.0 Å². The molecule has 1 aliphatic rings. The first-order valence-corrected chi connectivity index (χ1v) is 12.7. The molecule has 31 heavy (non-hydrogen) atoms. The van der Waals surface area contributed by atoms with Crippen molar-refractivity contribution in [1.29, 1.82) is 0 Å². The van der Waals surface area contributed by atoms with Crippen LogP contribution in [0.1, 0.15) is 27.2 Å². The Morgan fingerprint density at radius 2 is 1.13 bits per heavy atom. The van der Waals surface area contributed by atoms with E-state index in [4.69, 9.17) is 0 Å². The molecule has 2 amide bonds. The number of carbonyl (C=O) groups is 2. The second-order valence-electron chi connectivity index (χ2n) is 9.24. The van der Waals surface area contributed by atoms with E-state index in [1.807, 2.05) is 75.4 Å². The third-order valence-corrected chi connectivity index (χ3v) is 10.5. The molecule has 0 spiro atoms. The van der Waals surface area contributed by atoms with E-state index in [0.717, 1.165) is 0 Å². The maximum Gasteiger partial charge on any atom is 0.236 e. The van der Waals surface area contributed by atoms with Crippen LogP contribution >= 0.6 is 7.26 Å². The van der Waals surface area contributed by atoms with Crippen molar-refractivity contribution in [3.63, 3.8) is 0 Å². The molecule has 4 rings (SSSR count). The molecule has 0 radical (unpaired) electrons. The summed E-state index contributed by atoms with van der Waals surface area (Å²) in [7, 11) is -2.27. The molecule has 1 unspecified atom stereocenters. The van der Waals surface area contributed by atoms with Crippen LogP contribution in [0.4, 0.5) is 0 Å². The maximum atomic E-state index is 13.5. The highest BCUT2D eigenvalue weighted by Gasteiger charge is 2.53. The fourth-order valence-electron chi connectivity index (χ4n) is 4.46. The fraction of sp³-hybridized carbons (Fsp3) is 0.259. The van der Waals surface area contributed by atoms with Crippen LogP contribution < -0.4 is 15.9 Å². The summed E-state index contributed by atoms with van der Waals surface area (Å²) in [5.41, 5.74) is -0.241. The standard InChI is InChI=1S/C27H29NO2P/c1-27(2,3)24-19-25(29)28(26(24)30)20-31(21-13-7-4-8-14-21,22-15-9-5-10-16-22)23-17-11-6-12-18-23/h4-18,24H,19-20H2,1-3H3/q+1. The minimum atomic E-state index is -2.27. The molecule has 0 bridgehead atoms. The summed E-state index contributed by atoms with van der Waals surface area (Å²) in [4.78, 5) is 28.1. The Labute approximate surface area is 185 Å². The third kappa shape index (κ3) is 3.95. The fourth-order valence-corrected chi connectivity index (χ4v) is 8.61. The first kappa shape index (κ1) is 21.5. The molecule has 1 fully saturated rings. The highest BCUT2D eigenvalue weighted by Crippen LogP contribution is 2.56. The van der Waals surface area contributed by atoms with Gasteiger partial charge in [-0.3, -0.25) is 9.59 Å². The number of likely N-dealkylation sites (tertiary alicyclic amines) is 1. The van der Waals surface area contributed by atoms with Crippen LogP contribution in [0.5, 0.6) is 0 Å². The molecule has 0 saturated carbocycles. The largest absolute Gasteiger partial charge is 0.274 e. The maximum absolute atomic E-state index is 13.5. The molecule has 158 valence electrons. The first-order valence-electron chi connectivity index (χ1n) is 10.7. The molecule has 3 nitrogen and oxygen atoms in total. The molecular formula is C27H29NO2P+. The van der Waals surface area contributed by atoms with Crippen LogP contribution in [-0.2, 0) is 9.59 Å². The molecule has 3 aromatic rings. The van der Waals surface area contributed by atoms with Crippen LogP contribution in [0.15, 0.2) is 91.0 Å². The lowest BCUT2D eigenvalue weighted by molar-refractivity contribution is -0.139. The molecule has 4 heteroatoms. The number of carbonyl (C=O) groups excluding carboxylic acids is 2. The average molecular weight is 431 g/mol. The van der Waals surface area contributed by atoms with Crippen molar-refractivity contribution in [1.82, 2.24) is 4.90 Å². The number of benzene rings is 3. The normalized spacial score (nSPS) is 17.3. The van der Waals surface area contributed by atoms with Gasteiger partial charge in [0.1, 0.15) is 23.2 Å². The number of rotatable bonds is 5. The van der Waals surface area contributed by atoms with Gasteiger partial charge in [0.15, 0.2) is 6.29 Å². The van der Waals surface area contributed by atoms with Gasteiger partial charge >= 0.3 is 0 Å². The van der Waals surface area contributed by atoms with Gasteiger partial charge in [-0.05, 0) is 41.8 Å². The van der Waals surface area contributed by atoms with Crippen molar-refractivity contribution < 1.29 is 9.59 Å². The first-order chi connectivity index (χ1) is 14.8. The Balaban J connectivity index is 1.91. The van der Waals surface area contributed by atoms with E-state index < -0.39 is 7.26 Å². The summed E-state index contributed by atoms with van der Waals surface area (Å²) < 4.78 is 0. The van der Waals surface area contributed by atoms with Crippen molar-refractivity contribution in [2.24, 2.45) is 11.3 Å². The van der Waals surface area contributed by atoms with Crippen molar-refractivity contribution in [2.45, 2.75) is 27.2 Å². The van der Waals surface area contributed by atoms with Crippen LogP contribution in [0.3, 0.4) is 0 Å². The Bertz CT molecular complexity index is 962. The molecule has 0 aliphatic carbocycles. The SMILES string of the molecule is CC(C)(C)C1CC(=O)N(C[P+](c2ccccc2)(c2ccccc2)c2ccccc2)C1=O. The second kappa shape index (κ2) is 8.40. The zero-order chi connectivity index (χ0) is 22.1. The number of amides is 2. The van der Waals surface area contributed by atoms with Crippen molar-refractivity contribution in [3.8, 4) is 0 Å². The monoisotopic (exact) mass is 430 g/mol. The number of hydrogen-bond acceptors (Lipinski definition) is 2. The zero-order valence-corrected chi connectivity index (χ0v) is 19.3. The number of hydrogen-bond donors (Lipinski definition) is 0. The molecule has 1 atom stereocenters. The van der Waals surface area contributed by atoms with Crippen molar-refractivity contribution >= 4 is 35.0 Å². The van der Waals surface area contributed by atoms with Gasteiger partial charge in [0, 0.05) is 6.42 Å². The Morgan fingerprint density at radius 1 is 0.742 bits per heavy atom. The third-order valence-electron chi connectivity index (χ3n) is 6.23. The minimum Gasteiger partial charge on any atom is -0.274 e. The van der Waals surface area contributed by atoms with Crippen LogP contribution in [0, 0.1) is 11.3 Å². The van der Waals surface area contributed by atoms with Gasteiger partial charge in [0.05, 0.1) is 5.92 Å². The molecule has 1 saturated heterocycles. The quantitative estimate of drug-likeness (QED) is 0.446. The van der Waals surface area contributed by atoms with Gasteiger partial charge in [0.2, 0.25) is 11.8 Å². The average Bonchev–Trinajstić information content (AvgIpc) is 3.07. The predicted octanol–water partition coefficient (Wildman–Crippen LogP) is 4.36. The van der Waals surface area contributed by atoms with Crippen LogP contribution in [0.25, 0.3) is 0 Å². The summed E-state index contributed by atoms with van der Waals surface area (Å²) in [5.74, 6) is -0.369. The topological polar surface area (TPSA) is 37.4 Å². The van der Waals surface area contributed by atoms with E-state index in [2.05, 4.69) is 36.4 Å². The smallest absolute Gasteiger partial charge is 0.236 e. The number of nitrogens with zero attached hydrogens (tertiary/aromatic N) is 1. The summed E-state index contributed by atoms with van der Waals surface area (Å²) in [6.07, 6.45) is 0.690. The van der Waals surface area contributed by atoms with E-state index in [1.165, 1.54) is 15.9 Å². The zero-order valence-electron chi connectivity index (χ0n) is 18.4. The predicted molar refractivity (Wildman–Crippen MR) is 129 cm³/mol. The lowest BCUT2D eigenvalue weighted by Crippen LogP contribution is -2.43. The Kier molecular flexibility index (Phi) is 5.81. The second-order valence-corrected chi connectivity index (χ2v) is 12.7. The minimum absolute atomic E-state index is 0.0373. The van der Waals surface area contributed by atoms with E-state index in [1.54, 1.807) is 4.90 Å². The van der Waals surface area contributed by atoms with Gasteiger partial charge in [0.25, 0.3) is 0 Å². The molecular weight excluding hydrogens is 401 g/mol. The van der Waals surface area contributed by atoms with Crippen LogP contribution in [0.2, 0.25) is 0 Å². The molecule has 0 N–H and O–H groups in total. The summed E-state index contributed by atoms with van der Waals surface area (Å²) in [6, 6.07) is 31.1. The molecule has 1 aliphatic heterocycles. The van der Waals surface area contributed by atoms with Crippen molar-refractivity contribution in [3.05, 3.63) is 91.0 Å². The van der Waals surface area contributed by atoms with Gasteiger partial charge in [-0.15, -0.1) is 0 Å². The Morgan fingerprint density at radius 3 is 1.45 bits per heavy atom. The van der Waals surface area contributed by atoms with Gasteiger partial charge in [-0.25, -0.2) is 4.90 Å². The summed E-state index contributed by atoms with van der Waals surface area (Å²) in [6.45, 7) is 6.13. The highest BCUT2D eigenvalue weighted by atomic mass is 31.2.